The molecule has 3 nitrogen and oxygen atoms in total. The van der Waals surface area contributed by atoms with E-state index in [-0.39, 0.29) is 0 Å². The standard InChI is InChI=1S/C13H13N2O/c1-2-13(16)12-6-4-3-5-11(12)9-15-8-7-14-10-15/h2-8,10,13H,1,9H2. The molecule has 0 fully saturated rings. The molecule has 1 heterocycles. The van der Waals surface area contributed by atoms with E-state index < -0.39 is 6.10 Å². The van der Waals surface area contributed by atoms with Crippen LogP contribution in [-0.2, 0) is 11.7 Å². The molecule has 0 aliphatic heterocycles. The maximum atomic E-state index is 11.7. The molecule has 1 unspecified atom stereocenters. The molecule has 0 aliphatic carbocycles. The van der Waals surface area contributed by atoms with Crippen molar-refractivity contribution in [1.29, 1.82) is 0 Å². The summed E-state index contributed by atoms with van der Waals surface area (Å²) in [5, 5.41) is 11.7. The van der Waals surface area contributed by atoms with Crippen LogP contribution in [0.4, 0.5) is 0 Å². The van der Waals surface area contributed by atoms with Gasteiger partial charge in [0.05, 0.1) is 6.33 Å². The Kier molecular flexibility index (Phi) is 3.17. The van der Waals surface area contributed by atoms with Crippen molar-refractivity contribution in [2.24, 2.45) is 0 Å². The Hall–Kier alpha value is -1.87. The van der Waals surface area contributed by atoms with E-state index in [9.17, 15) is 5.11 Å². The van der Waals surface area contributed by atoms with Gasteiger partial charge in [-0.25, -0.2) is 10.1 Å². The largest absolute Gasteiger partial charge is 0.333 e. The minimum Gasteiger partial charge on any atom is -0.333 e. The second kappa shape index (κ2) is 4.77. The van der Waals surface area contributed by atoms with E-state index in [1.54, 1.807) is 12.5 Å². The lowest BCUT2D eigenvalue weighted by atomic mass is 10.0. The first-order valence-corrected chi connectivity index (χ1v) is 5.13. The van der Waals surface area contributed by atoms with E-state index in [4.69, 9.17) is 0 Å². The molecule has 0 bridgehead atoms. The molecular weight excluding hydrogens is 200 g/mol. The van der Waals surface area contributed by atoms with E-state index >= 15 is 0 Å². The summed E-state index contributed by atoms with van der Waals surface area (Å²) in [6.07, 6.45) is 5.91. The summed E-state index contributed by atoms with van der Waals surface area (Å²) in [5.41, 5.74) is 1.80. The van der Waals surface area contributed by atoms with Crippen LogP contribution >= 0.6 is 0 Å². The van der Waals surface area contributed by atoms with Crippen LogP contribution in [-0.4, -0.2) is 9.55 Å². The summed E-state index contributed by atoms with van der Waals surface area (Å²) >= 11 is 0. The van der Waals surface area contributed by atoms with E-state index in [0.29, 0.717) is 6.54 Å². The zero-order chi connectivity index (χ0) is 11.4. The van der Waals surface area contributed by atoms with E-state index in [1.165, 1.54) is 6.08 Å². The SMILES string of the molecule is C=CC([O])c1ccccc1Cn1ccnc1. The van der Waals surface area contributed by atoms with Gasteiger partial charge in [-0.2, -0.15) is 0 Å². The average molecular weight is 213 g/mol. The first kappa shape index (κ1) is 10.6. The Bertz CT molecular complexity index is 463. The van der Waals surface area contributed by atoms with Gasteiger partial charge >= 0.3 is 0 Å². The number of rotatable bonds is 4. The molecule has 81 valence electrons. The molecule has 1 atom stereocenters. The molecule has 1 aromatic carbocycles. The number of hydrogen-bond donors (Lipinski definition) is 0. The summed E-state index contributed by atoms with van der Waals surface area (Å²) in [4.78, 5) is 3.98. The number of imidazole rings is 1. The van der Waals surface area contributed by atoms with E-state index in [1.807, 2.05) is 35.0 Å². The highest BCUT2D eigenvalue weighted by molar-refractivity contribution is 5.31. The molecule has 0 aliphatic rings. The maximum Gasteiger partial charge on any atom is 0.136 e. The fourth-order valence-corrected chi connectivity index (χ4v) is 1.66. The van der Waals surface area contributed by atoms with Gasteiger partial charge in [0.25, 0.3) is 0 Å². The van der Waals surface area contributed by atoms with E-state index in [0.717, 1.165) is 11.1 Å². The average Bonchev–Trinajstić information content (AvgIpc) is 2.82. The van der Waals surface area contributed by atoms with Crippen molar-refractivity contribution in [3.05, 3.63) is 66.8 Å². The quantitative estimate of drug-likeness (QED) is 0.719. The van der Waals surface area contributed by atoms with Crippen LogP contribution in [0.3, 0.4) is 0 Å². The van der Waals surface area contributed by atoms with Crippen LogP contribution in [0.15, 0.2) is 55.6 Å². The Morgan fingerprint density at radius 1 is 1.44 bits per heavy atom. The van der Waals surface area contributed by atoms with Gasteiger partial charge in [0, 0.05) is 18.9 Å². The molecule has 1 aromatic heterocycles. The molecular formula is C13H13N2O. The first-order chi connectivity index (χ1) is 7.81. The van der Waals surface area contributed by atoms with Gasteiger partial charge in [0.1, 0.15) is 6.10 Å². The van der Waals surface area contributed by atoms with Crippen LogP contribution in [0.25, 0.3) is 0 Å². The highest BCUT2D eigenvalue weighted by atomic mass is 16.3. The Labute approximate surface area is 94.7 Å². The van der Waals surface area contributed by atoms with Crippen LogP contribution in [0.5, 0.6) is 0 Å². The third kappa shape index (κ3) is 2.20. The van der Waals surface area contributed by atoms with Gasteiger partial charge in [-0.3, -0.25) is 0 Å². The summed E-state index contributed by atoms with van der Waals surface area (Å²) < 4.78 is 1.94. The molecule has 3 heteroatoms. The Morgan fingerprint density at radius 2 is 2.25 bits per heavy atom. The highest BCUT2D eigenvalue weighted by Crippen LogP contribution is 2.20. The minimum atomic E-state index is -0.861. The van der Waals surface area contributed by atoms with Gasteiger partial charge in [-0.05, 0) is 11.1 Å². The molecule has 0 saturated heterocycles. The number of nitrogens with zero attached hydrogens (tertiary/aromatic N) is 2. The molecule has 0 N–H and O–H groups in total. The number of benzene rings is 1. The first-order valence-electron chi connectivity index (χ1n) is 5.13. The van der Waals surface area contributed by atoms with Crippen LogP contribution in [0.2, 0.25) is 0 Å². The monoisotopic (exact) mass is 213 g/mol. The predicted octanol–water partition coefficient (Wildman–Crippen LogP) is 2.59. The van der Waals surface area contributed by atoms with Crippen LogP contribution < -0.4 is 0 Å². The summed E-state index contributed by atoms with van der Waals surface area (Å²) in [6.45, 7) is 4.21. The molecule has 2 rings (SSSR count). The lowest BCUT2D eigenvalue weighted by Crippen LogP contribution is -2.03. The van der Waals surface area contributed by atoms with Gasteiger partial charge in [0.15, 0.2) is 0 Å². The molecule has 0 amide bonds. The van der Waals surface area contributed by atoms with Crippen LogP contribution in [0.1, 0.15) is 17.2 Å². The third-order valence-corrected chi connectivity index (χ3v) is 2.49. The molecule has 0 spiro atoms. The fraction of sp³-hybridized carbons (Fsp3) is 0.154. The lowest BCUT2D eigenvalue weighted by molar-refractivity contribution is 0.131. The van der Waals surface area contributed by atoms with Gasteiger partial charge in [-0.1, -0.05) is 30.3 Å². The molecule has 1 radical (unpaired) electrons. The Balaban J connectivity index is 2.29. The second-order valence-electron chi connectivity index (χ2n) is 3.59. The normalized spacial score (nSPS) is 12.3. The van der Waals surface area contributed by atoms with Crippen molar-refractivity contribution in [3.63, 3.8) is 0 Å². The molecule has 2 aromatic rings. The predicted molar refractivity (Wildman–Crippen MR) is 61.4 cm³/mol. The zero-order valence-electron chi connectivity index (χ0n) is 8.91. The lowest BCUT2D eigenvalue weighted by Gasteiger charge is -2.11. The van der Waals surface area contributed by atoms with Gasteiger partial charge in [0.2, 0.25) is 0 Å². The minimum absolute atomic E-state index is 0.669. The van der Waals surface area contributed by atoms with Gasteiger partial charge in [-0.15, -0.1) is 6.58 Å². The van der Waals surface area contributed by atoms with Crippen molar-refractivity contribution >= 4 is 0 Å². The number of hydrogen-bond acceptors (Lipinski definition) is 1. The highest BCUT2D eigenvalue weighted by Gasteiger charge is 2.09. The molecule has 16 heavy (non-hydrogen) atoms. The second-order valence-corrected chi connectivity index (χ2v) is 3.59. The Morgan fingerprint density at radius 3 is 2.94 bits per heavy atom. The van der Waals surface area contributed by atoms with Crippen molar-refractivity contribution in [2.45, 2.75) is 12.6 Å². The van der Waals surface area contributed by atoms with Gasteiger partial charge < -0.3 is 4.57 Å². The van der Waals surface area contributed by atoms with Crippen molar-refractivity contribution in [1.82, 2.24) is 9.55 Å². The summed E-state index contributed by atoms with van der Waals surface area (Å²) in [7, 11) is 0. The topological polar surface area (TPSA) is 37.7 Å². The summed E-state index contributed by atoms with van der Waals surface area (Å²) in [6, 6.07) is 7.63. The van der Waals surface area contributed by atoms with Crippen LogP contribution in [0, 0.1) is 0 Å². The fourth-order valence-electron chi connectivity index (χ4n) is 1.66. The zero-order valence-corrected chi connectivity index (χ0v) is 8.91. The molecule has 0 saturated carbocycles. The van der Waals surface area contributed by atoms with E-state index in [2.05, 4.69) is 11.6 Å². The third-order valence-electron chi connectivity index (χ3n) is 2.49. The smallest absolute Gasteiger partial charge is 0.136 e. The summed E-state index contributed by atoms with van der Waals surface area (Å²) in [5.74, 6) is 0. The van der Waals surface area contributed by atoms with Crippen molar-refractivity contribution < 1.29 is 5.11 Å². The van der Waals surface area contributed by atoms with Crippen molar-refractivity contribution in [2.75, 3.05) is 0 Å². The maximum absolute atomic E-state index is 11.7. The number of aromatic nitrogens is 2. The van der Waals surface area contributed by atoms with Crippen molar-refractivity contribution in [3.8, 4) is 0 Å².